The third-order valence-corrected chi connectivity index (χ3v) is 3.30. The van der Waals surface area contributed by atoms with Gasteiger partial charge < -0.3 is 4.57 Å². The molecule has 0 atom stereocenters. The van der Waals surface area contributed by atoms with E-state index in [4.69, 9.17) is 0 Å². The highest BCUT2D eigenvalue weighted by Gasteiger charge is 2.15. The summed E-state index contributed by atoms with van der Waals surface area (Å²) in [5, 5.41) is 4.13. The minimum absolute atomic E-state index is 0.109. The number of ketones is 1. The lowest BCUT2D eigenvalue weighted by molar-refractivity contribution is 0.0966. The summed E-state index contributed by atoms with van der Waals surface area (Å²) < 4.78 is 3.76. The summed E-state index contributed by atoms with van der Waals surface area (Å²) in [5.41, 5.74) is 3.91. The molecular weight excluding hydrogens is 214 g/mol. The average Bonchev–Trinajstić information content (AvgIpc) is 2.79. The second-order valence-electron chi connectivity index (χ2n) is 4.40. The Hall–Kier alpha value is -1.84. The van der Waals surface area contributed by atoms with Crippen LogP contribution in [-0.4, -0.2) is 20.1 Å². The first-order chi connectivity index (χ1) is 8.00. The first-order valence-corrected chi connectivity index (χ1v) is 5.65. The minimum Gasteiger partial charge on any atom is -0.351 e. The van der Waals surface area contributed by atoms with E-state index >= 15 is 0 Å². The number of aryl methyl sites for hydroxylation is 2. The SMILES string of the molecule is Cc1ccnn1CC(=O)c1cc(C)n(C)c1C. The van der Waals surface area contributed by atoms with Crippen molar-refractivity contribution in [2.24, 2.45) is 7.05 Å². The van der Waals surface area contributed by atoms with Gasteiger partial charge in [-0.2, -0.15) is 5.10 Å². The zero-order valence-electron chi connectivity index (χ0n) is 10.7. The van der Waals surface area contributed by atoms with E-state index in [9.17, 15) is 4.79 Å². The van der Waals surface area contributed by atoms with Crippen molar-refractivity contribution in [3.05, 3.63) is 41.0 Å². The van der Waals surface area contributed by atoms with Gasteiger partial charge in [0, 0.05) is 35.9 Å². The predicted octanol–water partition coefficient (Wildman–Crippen LogP) is 2.03. The molecular formula is C13H17N3O. The Bertz CT molecular complexity index is 563. The summed E-state index contributed by atoms with van der Waals surface area (Å²) in [6, 6.07) is 3.84. The zero-order valence-corrected chi connectivity index (χ0v) is 10.7. The monoisotopic (exact) mass is 231 g/mol. The molecule has 0 aliphatic heterocycles. The number of nitrogens with zero attached hydrogens (tertiary/aromatic N) is 3. The van der Waals surface area contributed by atoms with Gasteiger partial charge in [0.2, 0.25) is 0 Å². The first kappa shape index (κ1) is 11.6. The summed E-state index contributed by atoms with van der Waals surface area (Å²) in [6.07, 6.45) is 1.71. The molecule has 2 aromatic heterocycles. The van der Waals surface area contributed by atoms with Gasteiger partial charge in [-0.25, -0.2) is 0 Å². The number of carbonyl (C=O) groups is 1. The highest BCUT2D eigenvalue weighted by Crippen LogP contribution is 2.14. The van der Waals surface area contributed by atoms with Gasteiger partial charge in [0.05, 0.1) is 0 Å². The molecule has 4 heteroatoms. The smallest absolute Gasteiger partial charge is 0.186 e. The Morgan fingerprint density at radius 2 is 2.00 bits per heavy atom. The third kappa shape index (κ3) is 2.02. The lowest BCUT2D eigenvalue weighted by Gasteiger charge is -2.04. The molecule has 0 bridgehead atoms. The van der Waals surface area contributed by atoms with Gasteiger partial charge in [-0.15, -0.1) is 0 Å². The number of rotatable bonds is 3. The molecule has 0 aliphatic carbocycles. The van der Waals surface area contributed by atoms with E-state index < -0.39 is 0 Å². The van der Waals surface area contributed by atoms with Crippen LogP contribution in [0.5, 0.6) is 0 Å². The van der Waals surface area contributed by atoms with Crippen LogP contribution in [0.1, 0.15) is 27.4 Å². The quantitative estimate of drug-likeness (QED) is 0.758. The summed E-state index contributed by atoms with van der Waals surface area (Å²) in [5.74, 6) is 0.109. The molecule has 2 aromatic rings. The van der Waals surface area contributed by atoms with Crippen LogP contribution in [0.15, 0.2) is 18.3 Å². The molecule has 4 nitrogen and oxygen atoms in total. The van der Waals surface area contributed by atoms with Crippen LogP contribution in [-0.2, 0) is 13.6 Å². The van der Waals surface area contributed by atoms with Gasteiger partial charge in [-0.1, -0.05) is 0 Å². The van der Waals surface area contributed by atoms with Crippen LogP contribution >= 0.6 is 0 Å². The van der Waals surface area contributed by atoms with Gasteiger partial charge in [-0.3, -0.25) is 9.48 Å². The number of Topliss-reactive ketones (excluding diaryl/α,β-unsaturated/α-hetero) is 1. The number of hydrogen-bond donors (Lipinski definition) is 0. The maximum Gasteiger partial charge on any atom is 0.186 e. The van der Waals surface area contributed by atoms with E-state index in [0.717, 1.165) is 22.6 Å². The Morgan fingerprint density at radius 1 is 1.29 bits per heavy atom. The van der Waals surface area contributed by atoms with E-state index in [1.54, 1.807) is 10.9 Å². The van der Waals surface area contributed by atoms with Crippen LogP contribution in [0.25, 0.3) is 0 Å². The van der Waals surface area contributed by atoms with Crippen LogP contribution < -0.4 is 0 Å². The van der Waals surface area contributed by atoms with Crippen LogP contribution in [0.2, 0.25) is 0 Å². The van der Waals surface area contributed by atoms with E-state index in [0.29, 0.717) is 6.54 Å². The highest BCUT2D eigenvalue weighted by molar-refractivity contribution is 5.97. The topological polar surface area (TPSA) is 39.8 Å². The molecule has 17 heavy (non-hydrogen) atoms. The van der Waals surface area contributed by atoms with E-state index in [1.165, 1.54) is 0 Å². The fourth-order valence-corrected chi connectivity index (χ4v) is 1.92. The fraction of sp³-hybridized carbons (Fsp3) is 0.385. The second kappa shape index (κ2) is 4.20. The molecule has 0 spiro atoms. The Morgan fingerprint density at radius 3 is 2.47 bits per heavy atom. The summed E-state index contributed by atoms with van der Waals surface area (Å²) in [7, 11) is 1.97. The van der Waals surface area contributed by atoms with Crippen molar-refractivity contribution in [1.29, 1.82) is 0 Å². The van der Waals surface area contributed by atoms with Gasteiger partial charge >= 0.3 is 0 Å². The number of carbonyl (C=O) groups excluding carboxylic acids is 1. The van der Waals surface area contributed by atoms with Gasteiger partial charge in [0.1, 0.15) is 6.54 Å². The van der Waals surface area contributed by atoms with Crippen molar-refractivity contribution < 1.29 is 4.79 Å². The van der Waals surface area contributed by atoms with Crippen molar-refractivity contribution in [2.75, 3.05) is 0 Å². The molecule has 0 saturated heterocycles. The Balaban J connectivity index is 2.26. The maximum absolute atomic E-state index is 12.2. The minimum atomic E-state index is 0.109. The molecule has 0 saturated carbocycles. The molecule has 0 aliphatic rings. The van der Waals surface area contributed by atoms with Crippen molar-refractivity contribution in [3.63, 3.8) is 0 Å². The molecule has 0 aromatic carbocycles. The summed E-state index contributed by atoms with van der Waals surface area (Å²) in [6.45, 7) is 6.23. The van der Waals surface area contributed by atoms with Gasteiger partial charge in [-0.05, 0) is 32.9 Å². The summed E-state index contributed by atoms with van der Waals surface area (Å²) in [4.78, 5) is 12.2. The largest absolute Gasteiger partial charge is 0.351 e. The Kier molecular flexibility index (Phi) is 2.88. The summed E-state index contributed by atoms with van der Waals surface area (Å²) >= 11 is 0. The van der Waals surface area contributed by atoms with Crippen molar-refractivity contribution in [2.45, 2.75) is 27.3 Å². The molecule has 0 radical (unpaired) electrons. The van der Waals surface area contributed by atoms with Crippen LogP contribution in [0.3, 0.4) is 0 Å². The van der Waals surface area contributed by atoms with E-state index in [2.05, 4.69) is 5.10 Å². The standard InChI is InChI=1S/C13H17N3O/c1-9-5-6-14-16(9)8-13(17)12-7-10(2)15(4)11(12)3/h5-7H,8H2,1-4H3. The molecule has 0 fully saturated rings. The Labute approximate surface area is 101 Å². The first-order valence-electron chi connectivity index (χ1n) is 5.65. The fourth-order valence-electron chi connectivity index (χ4n) is 1.92. The van der Waals surface area contributed by atoms with Crippen LogP contribution in [0, 0.1) is 20.8 Å². The third-order valence-electron chi connectivity index (χ3n) is 3.30. The van der Waals surface area contributed by atoms with Crippen molar-refractivity contribution in [1.82, 2.24) is 14.3 Å². The molecule has 0 N–H and O–H groups in total. The second-order valence-corrected chi connectivity index (χ2v) is 4.40. The lowest BCUT2D eigenvalue weighted by Crippen LogP contribution is -2.13. The zero-order chi connectivity index (χ0) is 12.6. The van der Waals surface area contributed by atoms with E-state index in [1.807, 2.05) is 44.5 Å². The van der Waals surface area contributed by atoms with Gasteiger partial charge in [0.25, 0.3) is 0 Å². The van der Waals surface area contributed by atoms with E-state index in [-0.39, 0.29) is 5.78 Å². The van der Waals surface area contributed by atoms with Gasteiger partial charge in [0.15, 0.2) is 5.78 Å². The maximum atomic E-state index is 12.2. The lowest BCUT2D eigenvalue weighted by atomic mass is 10.1. The van der Waals surface area contributed by atoms with Crippen molar-refractivity contribution >= 4 is 5.78 Å². The van der Waals surface area contributed by atoms with Crippen molar-refractivity contribution in [3.8, 4) is 0 Å². The predicted molar refractivity (Wildman–Crippen MR) is 66.2 cm³/mol. The number of hydrogen-bond acceptors (Lipinski definition) is 2. The molecule has 2 rings (SSSR count). The number of aromatic nitrogens is 3. The highest BCUT2D eigenvalue weighted by atomic mass is 16.1. The average molecular weight is 231 g/mol. The molecule has 90 valence electrons. The molecule has 2 heterocycles. The van der Waals surface area contributed by atoms with Crippen LogP contribution in [0.4, 0.5) is 0 Å². The molecule has 0 amide bonds. The molecule has 0 unspecified atom stereocenters. The normalized spacial score (nSPS) is 10.8.